The van der Waals surface area contributed by atoms with Crippen molar-refractivity contribution < 1.29 is 4.79 Å². The highest BCUT2D eigenvalue weighted by Crippen LogP contribution is 2.28. The lowest BCUT2D eigenvalue weighted by molar-refractivity contribution is -0.129. The van der Waals surface area contributed by atoms with E-state index in [2.05, 4.69) is 49.4 Å². The molecule has 0 aliphatic carbocycles. The predicted octanol–water partition coefficient (Wildman–Crippen LogP) is 3.95. The summed E-state index contributed by atoms with van der Waals surface area (Å²) in [6.45, 7) is 13.1. The Balaban J connectivity index is 1.47. The molecular weight excluding hydrogens is 398 g/mol. The van der Waals surface area contributed by atoms with Crippen LogP contribution in [0.3, 0.4) is 0 Å². The maximum Gasteiger partial charge on any atom is 0.251 e. The number of nitriles is 1. The van der Waals surface area contributed by atoms with Gasteiger partial charge in [0.25, 0.3) is 5.91 Å². The van der Waals surface area contributed by atoms with Gasteiger partial charge in [0, 0.05) is 54.7 Å². The Kier molecular flexibility index (Phi) is 7.86. The zero-order valence-electron chi connectivity index (χ0n) is 20.1. The molecule has 2 N–H and O–H groups in total. The average molecular weight is 436 g/mol. The number of aliphatic imine (C=N–C) groups is 1. The van der Waals surface area contributed by atoms with Crippen molar-refractivity contribution in [2.24, 2.45) is 10.9 Å². The molecule has 0 radical (unpaired) electrons. The molecule has 1 aromatic carbocycles. The van der Waals surface area contributed by atoms with Crippen LogP contribution >= 0.6 is 0 Å². The summed E-state index contributed by atoms with van der Waals surface area (Å²) in [4.78, 5) is 19.5. The molecule has 172 valence electrons. The van der Waals surface area contributed by atoms with Crippen LogP contribution in [0.5, 0.6) is 0 Å². The van der Waals surface area contributed by atoms with Gasteiger partial charge in [0.1, 0.15) is 0 Å². The van der Waals surface area contributed by atoms with E-state index in [1.165, 1.54) is 5.56 Å². The van der Waals surface area contributed by atoms with E-state index in [1.54, 1.807) is 0 Å². The third kappa shape index (κ3) is 5.85. The van der Waals surface area contributed by atoms with Crippen molar-refractivity contribution in [3.05, 3.63) is 46.7 Å². The van der Waals surface area contributed by atoms with Crippen molar-refractivity contribution >= 4 is 12.1 Å². The number of amides is 1. The summed E-state index contributed by atoms with van der Waals surface area (Å²) >= 11 is 0. The summed E-state index contributed by atoms with van der Waals surface area (Å²) in [7, 11) is 0. The first-order chi connectivity index (χ1) is 15.2. The van der Waals surface area contributed by atoms with Crippen molar-refractivity contribution in [2.75, 3.05) is 19.6 Å². The number of piperidine rings is 1. The lowest BCUT2D eigenvalue weighted by atomic mass is 9.87. The van der Waals surface area contributed by atoms with Gasteiger partial charge in [-0.3, -0.25) is 9.79 Å². The fourth-order valence-electron chi connectivity index (χ4n) is 4.64. The number of allylic oxidation sites excluding steroid dienone is 1. The Labute approximate surface area is 192 Å². The number of hydrogen-bond donors (Lipinski definition) is 2. The Hall–Kier alpha value is -2.49. The molecule has 3 rings (SSSR count). The summed E-state index contributed by atoms with van der Waals surface area (Å²) in [5, 5.41) is 16.4. The quantitative estimate of drug-likeness (QED) is 0.679. The van der Waals surface area contributed by atoms with E-state index in [-0.39, 0.29) is 23.4 Å². The van der Waals surface area contributed by atoms with Gasteiger partial charge < -0.3 is 15.5 Å². The maximum atomic E-state index is 13.1. The molecular formula is C26H37N5O. The van der Waals surface area contributed by atoms with Crippen molar-refractivity contribution in [1.82, 2.24) is 15.5 Å². The smallest absolute Gasteiger partial charge is 0.251 e. The van der Waals surface area contributed by atoms with Crippen LogP contribution in [0.15, 0.2) is 40.5 Å². The first-order valence-electron chi connectivity index (χ1n) is 11.8. The lowest BCUT2D eigenvalue weighted by Crippen LogP contribution is -2.55. The van der Waals surface area contributed by atoms with E-state index in [9.17, 15) is 4.79 Å². The number of nitrogens with zero attached hydrogens (tertiary/aromatic N) is 3. The van der Waals surface area contributed by atoms with Crippen molar-refractivity contribution in [2.45, 2.75) is 71.5 Å². The highest BCUT2D eigenvalue weighted by atomic mass is 16.2. The zero-order valence-corrected chi connectivity index (χ0v) is 20.1. The molecule has 3 atom stereocenters. The first kappa shape index (κ1) is 24.2. The Bertz CT molecular complexity index is 903. The molecule has 1 unspecified atom stereocenters. The van der Waals surface area contributed by atoms with Crippen LogP contribution in [-0.4, -0.2) is 48.2 Å². The monoisotopic (exact) mass is 435 g/mol. The number of nitrogens with one attached hydrogen (secondary N) is 2. The summed E-state index contributed by atoms with van der Waals surface area (Å²) in [6.07, 6.45) is 4.66. The topological polar surface area (TPSA) is 80.5 Å². The molecule has 1 saturated heterocycles. The molecule has 1 amide bonds. The second-order valence-electron chi connectivity index (χ2n) is 9.70. The maximum absolute atomic E-state index is 13.1. The molecule has 1 fully saturated rings. The van der Waals surface area contributed by atoms with Gasteiger partial charge in [0.15, 0.2) is 0 Å². The highest BCUT2D eigenvalue weighted by Gasteiger charge is 2.34. The Morgan fingerprint density at radius 3 is 2.53 bits per heavy atom. The van der Waals surface area contributed by atoms with Crippen LogP contribution in [0.2, 0.25) is 0 Å². The first-order valence-corrected chi connectivity index (χ1v) is 11.8. The van der Waals surface area contributed by atoms with Gasteiger partial charge in [-0.1, -0.05) is 19.1 Å². The highest BCUT2D eigenvalue weighted by molar-refractivity contribution is 5.96. The van der Waals surface area contributed by atoms with Gasteiger partial charge in [-0.25, -0.2) is 0 Å². The summed E-state index contributed by atoms with van der Waals surface area (Å²) < 4.78 is 0. The van der Waals surface area contributed by atoms with E-state index in [1.807, 2.05) is 42.3 Å². The number of carbonyl (C=O) groups excluding carboxylic acids is 1. The van der Waals surface area contributed by atoms with E-state index in [0.717, 1.165) is 50.2 Å². The van der Waals surface area contributed by atoms with Crippen LogP contribution in [0.4, 0.5) is 0 Å². The Morgan fingerprint density at radius 2 is 1.94 bits per heavy atom. The number of hydrogen-bond acceptors (Lipinski definition) is 5. The van der Waals surface area contributed by atoms with Crippen molar-refractivity contribution in [3.63, 3.8) is 0 Å². The molecule has 2 aliphatic heterocycles. The minimum absolute atomic E-state index is 0.0319. The summed E-state index contributed by atoms with van der Waals surface area (Å²) in [6, 6.07) is 10.4. The number of benzene rings is 1. The summed E-state index contributed by atoms with van der Waals surface area (Å²) in [5.41, 5.74) is 3.66. The normalized spacial score (nSPS) is 22.4. The predicted molar refractivity (Wildman–Crippen MR) is 129 cm³/mol. The van der Waals surface area contributed by atoms with Crippen molar-refractivity contribution in [1.29, 1.82) is 5.26 Å². The molecule has 32 heavy (non-hydrogen) atoms. The van der Waals surface area contributed by atoms with Crippen LogP contribution in [0.25, 0.3) is 0 Å². The van der Waals surface area contributed by atoms with Crippen molar-refractivity contribution in [3.8, 4) is 6.07 Å². The largest absolute Gasteiger partial charge is 0.339 e. The fraction of sp³-hybridized carbons (Fsp3) is 0.577. The van der Waals surface area contributed by atoms with Crippen LogP contribution < -0.4 is 10.6 Å². The molecule has 0 spiro atoms. The van der Waals surface area contributed by atoms with Gasteiger partial charge in [-0.05, 0) is 70.6 Å². The van der Waals surface area contributed by atoms with Crippen LogP contribution in [0.1, 0.15) is 71.0 Å². The molecule has 0 aromatic heterocycles. The minimum Gasteiger partial charge on any atom is -0.339 e. The zero-order chi connectivity index (χ0) is 23.3. The van der Waals surface area contributed by atoms with Gasteiger partial charge >= 0.3 is 0 Å². The number of likely N-dealkylation sites (tertiary alicyclic amines) is 1. The van der Waals surface area contributed by atoms with E-state index in [0.29, 0.717) is 11.6 Å². The van der Waals surface area contributed by atoms with Gasteiger partial charge in [0.2, 0.25) is 0 Å². The molecule has 6 nitrogen and oxygen atoms in total. The molecule has 2 heterocycles. The molecule has 2 aliphatic rings. The molecule has 1 aromatic rings. The standard InChI is InChI=1S/C26H37N5O/c1-18-10-13-28-21(4)24(18)25(32)31-14-11-26(5,12-15-31)29-17-19(2)30-20(3)23-8-6-22(16-27)7-9-23/h6-9,13,18-20,29-30H,10-12,14-15,17H2,1-5H3/t18?,19-,20-/m0/s1. The minimum atomic E-state index is 0.0319. The fourth-order valence-corrected chi connectivity index (χ4v) is 4.64. The third-order valence-corrected chi connectivity index (χ3v) is 6.92. The molecule has 6 heteroatoms. The van der Waals surface area contributed by atoms with Gasteiger partial charge in [0.05, 0.1) is 11.6 Å². The molecule has 0 bridgehead atoms. The second-order valence-corrected chi connectivity index (χ2v) is 9.70. The third-order valence-electron chi connectivity index (χ3n) is 6.92. The number of carbonyl (C=O) groups is 1. The number of rotatable bonds is 7. The van der Waals surface area contributed by atoms with E-state index >= 15 is 0 Å². The Morgan fingerprint density at radius 1 is 1.28 bits per heavy atom. The van der Waals surface area contributed by atoms with Crippen LogP contribution in [-0.2, 0) is 4.79 Å². The van der Waals surface area contributed by atoms with E-state index < -0.39 is 0 Å². The van der Waals surface area contributed by atoms with E-state index in [4.69, 9.17) is 5.26 Å². The SMILES string of the molecule is CC1=C(C(=O)N2CCC(C)(NC[C@H](C)N[C@@H](C)c3ccc(C#N)cc3)CC2)C(C)CC=N1. The van der Waals surface area contributed by atoms with Gasteiger partial charge in [-0.2, -0.15) is 5.26 Å². The molecule has 0 saturated carbocycles. The lowest BCUT2D eigenvalue weighted by Gasteiger charge is -2.41. The second kappa shape index (κ2) is 10.4. The average Bonchev–Trinajstić information content (AvgIpc) is 2.78. The van der Waals surface area contributed by atoms with Crippen LogP contribution in [0, 0.1) is 17.2 Å². The van der Waals surface area contributed by atoms with Gasteiger partial charge in [-0.15, -0.1) is 0 Å². The summed E-state index contributed by atoms with van der Waals surface area (Å²) in [5.74, 6) is 0.414.